The summed E-state index contributed by atoms with van der Waals surface area (Å²) in [5.41, 5.74) is 1.71. The van der Waals surface area contributed by atoms with E-state index < -0.39 is 0 Å². The second-order valence-corrected chi connectivity index (χ2v) is 8.48. The van der Waals surface area contributed by atoms with Gasteiger partial charge < -0.3 is 5.11 Å². The van der Waals surface area contributed by atoms with Crippen molar-refractivity contribution in [2.45, 2.75) is 59.5 Å². The molecule has 0 amide bonds. The molecule has 0 aromatic carbocycles. The molecule has 1 N–H and O–H groups in total. The highest BCUT2D eigenvalue weighted by atomic mass is 32.2. The minimum Gasteiger partial charge on any atom is -0.389 e. The Balaban J connectivity index is 2.11. The van der Waals surface area contributed by atoms with E-state index in [1.807, 2.05) is 0 Å². The lowest BCUT2D eigenvalue weighted by Crippen LogP contribution is -2.47. The number of hydrogen-bond donors (Lipinski definition) is 1. The van der Waals surface area contributed by atoms with Gasteiger partial charge in [0, 0.05) is 0 Å². The van der Waals surface area contributed by atoms with E-state index in [-0.39, 0.29) is 6.10 Å². The predicted molar refractivity (Wildman–Crippen MR) is 85.5 cm³/mol. The van der Waals surface area contributed by atoms with Crippen molar-refractivity contribution in [3.63, 3.8) is 0 Å². The summed E-state index contributed by atoms with van der Waals surface area (Å²) in [5.74, 6) is 5.05. The first-order valence-corrected chi connectivity index (χ1v) is 9.03. The van der Waals surface area contributed by atoms with Crippen molar-refractivity contribution in [2.75, 3.05) is 11.5 Å². The summed E-state index contributed by atoms with van der Waals surface area (Å²) in [6.45, 7) is 9.21. The van der Waals surface area contributed by atoms with E-state index in [0.717, 1.165) is 24.2 Å². The molecule has 2 heteroatoms. The van der Waals surface area contributed by atoms with Gasteiger partial charge >= 0.3 is 0 Å². The average molecular weight is 282 g/mol. The molecular weight excluding hydrogens is 252 g/mol. The Hall–Kier alpha value is 0.0500. The van der Waals surface area contributed by atoms with Crippen LogP contribution in [0.25, 0.3) is 0 Å². The van der Waals surface area contributed by atoms with Crippen LogP contribution in [0.5, 0.6) is 0 Å². The highest BCUT2D eigenvalue weighted by Gasteiger charge is 2.49. The lowest BCUT2D eigenvalue weighted by molar-refractivity contribution is -0.0416. The minimum atomic E-state index is -0.199. The van der Waals surface area contributed by atoms with Crippen molar-refractivity contribution in [1.29, 1.82) is 0 Å². The van der Waals surface area contributed by atoms with E-state index >= 15 is 0 Å². The monoisotopic (exact) mass is 282 g/mol. The Kier molecular flexibility index (Phi) is 5.05. The highest BCUT2D eigenvalue weighted by molar-refractivity contribution is 7.99. The Morgan fingerprint density at radius 2 is 2.11 bits per heavy atom. The van der Waals surface area contributed by atoms with Gasteiger partial charge in [-0.25, -0.2) is 0 Å². The van der Waals surface area contributed by atoms with Gasteiger partial charge in [0.15, 0.2) is 0 Å². The summed E-state index contributed by atoms with van der Waals surface area (Å²) in [4.78, 5) is 0. The molecule has 1 fully saturated rings. The number of thioether (sulfide) groups is 1. The van der Waals surface area contributed by atoms with Crippen molar-refractivity contribution in [1.82, 2.24) is 0 Å². The zero-order valence-electron chi connectivity index (χ0n) is 13.0. The third-order valence-electron chi connectivity index (χ3n) is 5.45. The largest absolute Gasteiger partial charge is 0.389 e. The van der Waals surface area contributed by atoms with Crippen molar-refractivity contribution in [3.05, 3.63) is 11.6 Å². The summed E-state index contributed by atoms with van der Waals surface area (Å²) >= 11 is 2.08. The fraction of sp³-hybridized carbons (Fsp3) is 0.882. The van der Waals surface area contributed by atoms with Crippen molar-refractivity contribution < 1.29 is 5.11 Å². The molecule has 2 aliphatic carbocycles. The van der Waals surface area contributed by atoms with Crippen LogP contribution in [-0.4, -0.2) is 22.7 Å². The molecule has 1 saturated carbocycles. The molecule has 0 aliphatic heterocycles. The SMILES string of the molecule is CCSCC1CCC(O)/C(C)=C\CC2C1CC2(C)C. The molecule has 19 heavy (non-hydrogen) atoms. The van der Waals surface area contributed by atoms with Gasteiger partial charge in [0.1, 0.15) is 0 Å². The van der Waals surface area contributed by atoms with Gasteiger partial charge in [-0.05, 0) is 72.9 Å². The number of allylic oxidation sites excluding steroid dienone is 1. The first-order chi connectivity index (χ1) is 8.95. The molecule has 0 saturated heterocycles. The van der Waals surface area contributed by atoms with E-state index in [2.05, 4.69) is 45.5 Å². The molecule has 1 nitrogen and oxygen atoms in total. The third-order valence-corrected chi connectivity index (χ3v) is 6.53. The second kappa shape index (κ2) is 6.22. The Morgan fingerprint density at radius 3 is 2.74 bits per heavy atom. The molecule has 4 unspecified atom stereocenters. The van der Waals surface area contributed by atoms with Crippen LogP contribution in [0.1, 0.15) is 53.4 Å². The topological polar surface area (TPSA) is 20.2 Å². The lowest BCUT2D eigenvalue weighted by atomic mass is 9.51. The second-order valence-electron chi connectivity index (χ2n) is 7.16. The Bertz CT molecular complexity index is 334. The van der Waals surface area contributed by atoms with Gasteiger partial charge in [0.2, 0.25) is 0 Å². The zero-order valence-corrected chi connectivity index (χ0v) is 13.8. The summed E-state index contributed by atoms with van der Waals surface area (Å²) in [6, 6.07) is 0. The smallest absolute Gasteiger partial charge is 0.0747 e. The molecular formula is C17H30OS. The van der Waals surface area contributed by atoms with Gasteiger partial charge in [-0.3, -0.25) is 0 Å². The number of aliphatic hydroxyl groups excluding tert-OH is 1. The lowest BCUT2D eigenvalue weighted by Gasteiger charge is -2.54. The molecule has 2 aliphatic rings. The molecule has 0 radical (unpaired) electrons. The summed E-state index contributed by atoms with van der Waals surface area (Å²) in [5, 5.41) is 10.2. The molecule has 0 spiro atoms. The molecule has 0 bridgehead atoms. The van der Waals surface area contributed by atoms with E-state index in [0.29, 0.717) is 5.41 Å². The summed E-state index contributed by atoms with van der Waals surface area (Å²) < 4.78 is 0. The van der Waals surface area contributed by atoms with Gasteiger partial charge in [0.25, 0.3) is 0 Å². The Morgan fingerprint density at radius 1 is 1.37 bits per heavy atom. The molecule has 0 aromatic rings. The van der Waals surface area contributed by atoms with Crippen molar-refractivity contribution in [2.24, 2.45) is 23.2 Å². The minimum absolute atomic E-state index is 0.199. The predicted octanol–water partition coefficient (Wildman–Crippen LogP) is 4.51. The van der Waals surface area contributed by atoms with Gasteiger partial charge in [0.05, 0.1) is 6.10 Å². The first kappa shape index (κ1) is 15.4. The quantitative estimate of drug-likeness (QED) is 0.769. The van der Waals surface area contributed by atoms with E-state index in [1.54, 1.807) is 0 Å². The standard InChI is InChI=1S/C17H30OS/c1-5-19-11-13-7-9-16(18)12(2)6-8-15-14(13)10-17(15,3)4/h6,13-16,18H,5,7-11H2,1-4H3/b12-6-. The molecule has 2 rings (SSSR count). The van der Waals surface area contributed by atoms with Gasteiger partial charge in [-0.2, -0.15) is 11.8 Å². The van der Waals surface area contributed by atoms with E-state index in [1.165, 1.54) is 36.3 Å². The van der Waals surface area contributed by atoms with Crippen LogP contribution in [0.4, 0.5) is 0 Å². The number of rotatable bonds is 3. The van der Waals surface area contributed by atoms with Gasteiger partial charge in [-0.15, -0.1) is 0 Å². The summed E-state index contributed by atoms with van der Waals surface area (Å²) in [7, 11) is 0. The number of fused-ring (bicyclic) bond motifs is 1. The maximum absolute atomic E-state index is 10.2. The van der Waals surface area contributed by atoms with Crippen molar-refractivity contribution in [3.8, 4) is 0 Å². The van der Waals surface area contributed by atoms with Crippen LogP contribution in [0.2, 0.25) is 0 Å². The van der Waals surface area contributed by atoms with Crippen LogP contribution in [0, 0.1) is 23.2 Å². The Labute approximate surface area is 123 Å². The first-order valence-electron chi connectivity index (χ1n) is 7.88. The van der Waals surface area contributed by atoms with E-state index in [4.69, 9.17) is 0 Å². The number of hydrogen-bond acceptors (Lipinski definition) is 2. The van der Waals surface area contributed by atoms with Crippen LogP contribution in [0.3, 0.4) is 0 Å². The van der Waals surface area contributed by atoms with Crippen LogP contribution >= 0.6 is 11.8 Å². The highest BCUT2D eigenvalue weighted by Crippen LogP contribution is 2.57. The summed E-state index contributed by atoms with van der Waals surface area (Å²) in [6.07, 6.45) is 6.84. The molecule has 0 aromatic heterocycles. The van der Waals surface area contributed by atoms with E-state index in [9.17, 15) is 5.11 Å². The van der Waals surface area contributed by atoms with Crippen LogP contribution < -0.4 is 0 Å². The number of aliphatic hydroxyl groups is 1. The molecule has 110 valence electrons. The zero-order chi connectivity index (χ0) is 14.0. The van der Waals surface area contributed by atoms with Crippen LogP contribution in [0.15, 0.2) is 11.6 Å². The van der Waals surface area contributed by atoms with Crippen molar-refractivity contribution >= 4 is 11.8 Å². The van der Waals surface area contributed by atoms with Crippen LogP contribution in [-0.2, 0) is 0 Å². The maximum Gasteiger partial charge on any atom is 0.0747 e. The third kappa shape index (κ3) is 3.39. The fourth-order valence-corrected chi connectivity index (χ4v) is 5.00. The maximum atomic E-state index is 10.2. The average Bonchev–Trinajstić information content (AvgIpc) is 2.39. The molecule has 0 heterocycles. The molecule has 4 atom stereocenters. The normalized spacial score (nSPS) is 41.0. The fourth-order valence-electron chi connectivity index (χ4n) is 4.05. The van der Waals surface area contributed by atoms with Gasteiger partial charge in [-0.1, -0.05) is 26.8 Å².